The molecule has 2 rings (SSSR count). The third kappa shape index (κ3) is 3.99. The molecule has 1 saturated carbocycles. The van der Waals surface area contributed by atoms with E-state index in [9.17, 15) is 4.79 Å². The number of carbonyl (C=O) groups excluding carboxylic acids is 1. The van der Waals surface area contributed by atoms with Crippen LogP contribution in [0.25, 0.3) is 0 Å². The summed E-state index contributed by atoms with van der Waals surface area (Å²) in [6, 6.07) is 5.87. The van der Waals surface area contributed by atoms with Crippen LogP contribution in [0.15, 0.2) is 18.2 Å². The second-order valence-electron chi connectivity index (χ2n) is 6.91. The molecule has 1 N–H and O–H groups in total. The van der Waals surface area contributed by atoms with Crippen molar-refractivity contribution in [1.82, 2.24) is 0 Å². The molecule has 1 aromatic rings. The molecule has 0 saturated heterocycles. The number of nitrogens with one attached hydrogen (secondary N) is 1. The van der Waals surface area contributed by atoms with E-state index in [1.165, 1.54) is 0 Å². The highest BCUT2D eigenvalue weighted by Gasteiger charge is 2.36. The van der Waals surface area contributed by atoms with E-state index in [1.54, 1.807) is 0 Å². The third-order valence-corrected chi connectivity index (χ3v) is 4.26. The molecule has 0 heterocycles. The number of carbonyl (C=O) groups is 1. The van der Waals surface area contributed by atoms with Crippen molar-refractivity contribution in [2.45, 2.75) is 53.4 Å². The lowest BCUT2D eigenvalue weighted by molar-refractivity contribution is -0.124. The first-order valence-electron chi connectivity index (χ1n) is 7.96. The molecule has 0 aromatic heterocycles. The van der Waals surface area contributed by atoms with Gasteiger partial charge in [-0.25, -0.2) is 0 Å². The molecule has 1 fully saturated rings. The Bertz CT molecular complexity index is 502. The van der Waals surface area contributed by atoms with Gasteiger partial charge in [0, 0.05) is 11.1 Å². The third-order valence-electron chi connectivity index (χ3n) is 4.26. The van der Waals surface area contributed by atoms with Crippen LogP contribution in [0.5, 0.6) is 5.75 Å². The monoisotopic (exact) mass is 289 g/mol. The molecule has 116 valence electrons. The lowest BCUT2D eigenvalue weighted by Gasteiger charge is -2.22. The van der Waals surface area contributed by atoms with Gasteiger partial charge in [0.1, 0.15) is 5.75 Å². The van der Waals surface area contributed by atoms with Crippen molar-refractivity contribution in [2.75, 3.05) is 11.9 Å². The molecule has 1 amide bonds. The summed E-state index contributed by atoms with van der Waals surface area (Å²) < 4.78 is 5.77. The van der Waals surface area contributed by atoms with Crippen LogP contribution in [0.3, 0.4) is 0 Å². The Hall–Kier alpha value is -1.51. The molecule has 0 radical (unpaired) electrons. The zero-order valence-electron chi connectivity index (χ0n) is 13.7. The fraction of sp³-hybridized carbons (Fsp3) is 0.611. The van der Waals surface area contributed by atoms with Gasteiger partial charge in [0.2, 0.25) is 5.91 Å². The van der Waals surface area contributed by atoms with Crippen molar-refractivity contribution in [3.63, 3.8) is 0 Å². The van der Waals surface area contributed by atoms with E-state index in [-0.39, 0.29) is 11.3 Å². The van der Waals surface area contributed by atoms with E-state index >= 15 is 0 Å². The second-order valence-corrected chi connectivity index (χ2v) is 6.91. The van der Waals surface area contributed by atoms with Gasteiger partial charge in [0.15, 0.2) is 0 Å². The smallest absolute Gasteiger partial charge is 0.230 e. The molecule has 0 aliphatic heterocycles. The zero-order valence-corrected chi connectivity index (χ0v) is 13.7. The average Bonchev–Trinajstić information content (AvgIpc) is 2.86. The van der Waals surface area contributed by atoms with Crippen LogP contribution in [-0.4, -0.2) is 12.5 Å². The molecular weight excluding hydrogens is 262 g/mol. The number of aryl methyl sites for hydroxylation is 1. The highest BCUT2D eigenvalue weighted by Crippen LogP contribution is 2.38. The van der Waals surface area contributed by atoms with E-state index in [0.29, 0.717) is 12.5 Å². The summed E-state index contributed by atoms with van der Waals surface area (Å²) in [7, 11) is 0. The predicted molar refractivity (Wildman–Crippen MR) is 86.7 cm³/mol. The van der Waals surface area contributed by atoms with E-state index in [1.807, 2.05) is 25.1 Å². The van der Waals surface area contributed by atoms with E-state index in [2.05, 4.69) is 26.1 Å². The first-order valence-corrected chi connectivity index (χ1v) is 7.96. The summed E-state index contributed by atoms with van der Waals surface area (Å²) >= 11 is 0. The average molecular weight is 289 g/mol. The molecule has 0 bridgehead atoms. The van der Waals surface area contributed by atoms with Crippen LogP contribution in [-0.2, 0) is 4.79 Å². The molecule has 0 atom stereocenters. The van der Waals surface area contributed by atoms with Crippen molar-refractivity contribution >= 4 is 11.6 Å². The van der Waals surface area contributed by atoms with Crippen LogP contribution in [0.4, 0.5) is 5.69 Å². The SMILES string of the molecule is Cc1cc(NC(=O)C2(C)CCCC2)ccc1OCC(C)C. The van der Waals surface area contributed by atoms with Crippen molar-refractivity contribution in [1.29, 1.82) is 0 Å². The van der Waals surface area contributed by atoms with Gasteiger partial charge < -0.3 is 10.1 Å². The molecule has 1 aliphatic rings. The number of rotatable bonds is 5. The van der Waals surface area contributed by atoms with Gasteiger partial charge in [-0.2, -0.15) is 0 Å². The summed E-state index contributed by atoms with van der Waals surface area (Å²) in [5, 5.41) is 3.06. The first-order chi connectivity index (χ1) is 9.90. The van der Waals surface area contributed by atoms with Crippen LogP contribution in [0.2, 0.25) is 0 Å². The van der Waals surface area contributed by atoms with Gasteiger partial charge >= 0.3 is 0 Å². The highest BCUT2D eigenvalue weighted by atomic mass is 16.5. The first kappa shape index (κ1) is 15.9. The molecule has 1 aromatic carbocycles. The normalized spacial score (nSPS) is 17.0. The predicted octanol–water partition coefficient (Wildman–Crippen LogP) is 4.55. The Balaban J connectivity index is 2.01. The molecule has 0 spiro atoms. The summed E-state index contributed by atoms with van der Waals surface area (Å²) in [5.41, 5.74) is 1.73. The number of hydrogen-bond acceptors (Lipinski definition) is 2. The van der Waals surface area contributed by atoms with Gasteiger partial charge in [-0.1, -0.05) is 33.6 Å². The molecule has 0 unspecified atom stereocenters. The van der Waals surface area contributed by atoms with Crippen LogP contribution >= 0.6 is 0 Å². The number of amides is 1. The van der Waals surface area contributed by atoms with Crippen molar-refractivity contribution < 1.29 is 9.53 Å². The van der Waals surface area contributed by atoms with Crippen LogP contribution in [0, 0.1) is 18.3 Å². The second kappa shape index (κ2) is 6.50. The molecule has 21 heavy (non-hydrogen) atoms. The fourth-order valence-corrected chi connectivity index (χ4v) is 2.81. The molecule has 3 nitrogen and oxygen atoms in total. The minimum absolute atomic E-state index is 0.148. The standard InChI is InChI=1S/C18H27NO2/c1-13(2)12-21-16-8-7-15(11-14(16)3)19-17(20)18(4)9-5-6-10-18/h7-8,11,13H,5-6,9-10,12H2,1-4H3,(H,19,20). The summed E-state index contributed by atoms with van der Waals surface area (Å²) in [4.78, 5) is 12.4. The summed E-state index contributed by atoms with van der Waals surface area (Å²) in [5.74, 6) is 1.55. The van der Waals surface area contributed by atoms with Crippen LogP contribution < -0.4 is 10.1 Å². The number of hydrogen-bond donors (Lipinski definition) is 1. The Morgan fingerprint density at radius 2 is 2.00 bits per heavy atom. The van der Waals surface area contributed by atoms with Crippen molar-refractivity contribution in [3.05, 3.63) is 23.8 Å². The van der Waals surface area contributed by atoms with Crippen molar-refractivity contribution in [3.8, 4) is 5.75 Å². The quantitative estimate of drug-likeness (QED) is 0.863. The fourth-order valence-electron chi connectivity index (χ4n) is 2.81. The van der Waals surface area contributed by atoms with Gasteiger partial charge in [0.25, 0.3) is 0 Å². The largest absolute Gasteiger partial charge is 0.493 e. The summed E-state index contributed by atoms with van der Waals surface area (Å²) in [6.07, 6.45) is 4.30. The molecule has 3 heteroatoms. The van der Waals surface area contributed by atoms with Gasteiger partial charge in [-0.15, -0.1) is 0 Å². The lowest BCUT2D eigenvalue weighted by Crippen LogP contribution is -2.30. The maximum atomic E-state index is 12.4. The van der Waals surface area contributed by atoms with Crippen LogP contribution in [0.1, 0.15) is 52.0 Å². The lowest BCUT2D eigenvalue weighted by atomic mass is 9.88. The van der Waals surface area contributed by atoms with Gasteiger partial charge in [-0.3, -0.25) is 4.79 Å². The van der Waals surface area contributed by atoms with Gasteiger partial charge in [0.05, 0.1) is 6.61 Å². The zero-order chi connectivity index (χ0) is 15.5. The van der Waals surface area contributed by atoms with E-state index in [0.717, 1.165) is 42.7 Å². The Labute approximate surface area is 128 Å². The summed E-state index contributed by atoms with van der Waals surface area (Å²) in [6.45, 7) is 9.06. The molecular formula is C18H27NO2. The number of anilines is 1. The minimum atomic E-state index is -0.194. The van der Waals surface area contributed by atoms with Gasteiger partial charge in [-0.05, 0) is 49.4 Å². The van der Waals surface area contributed by atoms with Crippen molar-refractivity contribution in [2.24, 2.45) is 11.3 Å². The Morgan fingerprint density at radius 1 is 1.33 bits per heavy atom. The maximum Gasteiger partial charge on any atom is 0.230 e. The number of ether oxygens (including phenoxy) is 1. The molecule has 1 aliphatic carbocycles. The maximum absolute atomic E-state index is 12.4. The Kier molecular flexibility index (Phi) is 4.92. The Morgan fingerprint density at radius 3 is 2.57 bits per heavy atom. The van der Waals surface area contributed by atoms with E-state index < -0.39 is 0 Å². The highest BCUT2D eigenvalue weighted by molar-refractivity contribution is 5.95. The minimum Gasteiger partial charge on any atom is -0.493 e. The number of benzene rings is 1. The topological polar surface area (TPSA) is 38.3 Å². The van der Waals surface area contributed by atoms with E-state index in [4.69, 9.17) is 4.74 Å².